The average molecular weight is 387 g/mol. The number of methoxy groups -OCH3 is 1. The minimum Gasteiger partial charge on any atom is -0.465 e. The van der Waals surface area contributed by atoms with Crippen LogP contribution in [-0.4, -0.2) is 40.4 Å². The van der Waals surface area contributed by atoms with Crippen LogP contribution in [0, 0.1) is 6.92 Å². The number of rotatable bonds is 4. The summed E-state index contributed by atoms with van der Waals surface area (Å²) in [4.78, 5) is 16.1. The number of carbonyl (C=O) groups excluding carboxylic acids is 1. The lowest BCUT2D eigenvalue weighted by Gasteiger charge is -2.24. The van der Waals surface area contributed by atoms with Gasteiger partial charge in [0.05, 0.1) is 36.7 Å². The highest BCUT2D eigenvalue weighted by atomic mass is 32.2. The molecular formula is C19H21N3O4S. The number of aliphatic imine (C=N–C) groups is 1. The molecule has 0 saturated carbocycles. The summed E-state index contributed by atoms with van der Waals surface area (Å²) in [5, 5.41) is 3.26. The van der Waals surface area contributed by atoms with E-state index in [-0.39, 0.29) is 16.9 Å². The summed E-state index contributed by atoms with van der Waals surface area (Å²) >= 11 is 0. The maximum atomic E-state index is 12.4. The van der Waals surface area contributed by atoms with E-state index < -0.39 is 10.0 Å². The van der Waals surface area contributed by atoms with E-state index in [1.807, 2.05) is 19.1 Å². The van der Waals surface area contributed by atoms with Gasteiger partial charge in [-0.1, -0.05) is 29.8 Å². The van der Waals surface area contributed by atoms with E-state index in [2.05, 4.69) is 19.8 Å². The van der Waals surface area contributed by atoms with E-state index in [4.69, 9.17) is 0 Å². The molecule has 7 nitrogen and oxygen atoms in total. The van der Waals surface area contributed by atoms with Gasteiger partial charge in [0.1, 0.15) is 5.84 Å². The number of hydrogen-bond donors (Lipinski definition) is 2. The molecule has 1 aliphatic heterocycles. The number of hydrogen-bond acceptors (Lipinski definition) is 6. The standard InChI is InChI=1S/C19H21N3O4S/c1-13-3-9-16(10-4-13)27(24,25)22-18-12-20-17(11-21-18)14-5-7-15(8-6-14)19(23)26-2/h3-10,17,20H,11-12H2,1-2H3,(H,21,22)/t17-/m0/s1. The monoisotopic (exact) mass is 387 g/mol. The van der Waals surface area contributed by atoms with E-state index >= 15 is 0 Å². The summed E-state index contributed by atoms with van der Waals surface area (Å²) in [6.07, 6.45) is 0. The second kappa shape index (κ2) is 7.89. The molecule has 2 N–H and O–H groups in total. The Morgan fingerprint density at radius 1 is 1.15 bits per heavy atom. The maximum absolute atomic E-state index is 12.4. The van der Waals surface area contributed by atoms with Gasteiger partial charge in [0.25, 0.3) is 10.0 Å². The second-order valence-electron chi connectivity index (χ2n) is 6.25. The molecule has 142 valence electrons. The molecule has 0 saturated heterocycles. The van der Waals surface area contributed by atoms with E-state index in [1.54, 1.807) is 36.4 Å². The fourth-order valence-electron chi connectivity index (χ4n) is 2.73. The number of aryl methyl sites for hydroxylation is 1. The fourth-order valence-corrected chi connectivity index (χ4v) is 3.79. The van der Waals surface area contributed by atoms with Gasteiger partial charge in [-0.25, -0.2) is 13.2 Å². The maximum Gasteiger partial charge on any atom is 0.337 e. The molecule has 2 aromatic carbocycles. The molecule has 8 heteroatoms. The van der Waals surface area contributed by atoms with Gasteiger partial charge in [0, 0.05) is 0 Å². The lowest BCUT2D eigenvalue weighted by molar-refractivity contribution is 0.0600. The van der Waals surface area contributed by atoms with E-state index in [0.29, 0.717) is 24.5 Å². The topological polar surface area (TPSA) is 96.9 Å². The summed E-state index contributed by atoms with van der Waals surface area (Å²) in [5.41, 5.74) is 2.44. The average Bonchev–Trinajstić information content (AvgIpc) is 2.68. The van der Waals surface area contributed by atoms with Crippen molar-refractivity contribution < 1.29 is 17.9 Å². The largest absolute Gasteiger partial charge is 0.465 e. The molecule has 0 aromatic heterocycles. The first-order valence-electron chi connectivity index (χ1n) is 8.43. The van der Waals surface area contributed by atoms with Gasteiger partial charge in [-0.3, -0.25) is 9.71 Å². The molecule has 3 rings (SSSR count). The van der Waals surface area contributed by atoms with Crippen molar-refractivity contribution in [1.82, 2.24) is 10.0 Å². The second-order valence-corrected chi connectivity index (χ2v) is 7.94. The Bertz CT molecular complexity index is 951. The molecule has 0 unspecified atom stereocenters. The van der Waals surface area contributed by atoms with Crippen LogP contribution in [0.15, 0.2) is 58.4 Å². The lowest BCUT2D eigenvalue weighted by Crippen LogP contribution is -2.43. The van der Waals surface area contributed by atoms with Crippen LogP contribution in [-0.2, 0) is 14.8 Å². The molecule has 0 aliphatic carbocycles. The van der Waals surface area contributed by atoms with Gasteiger partial charge in [0.15, 0.2) is 0 Å². The van der Waals surface area contributed by atoms with Crippen LogP contribution < -0.4 is 10.0 Å². The minimum atomic E-state index is -3.65. The lowest BCUT2D eigenvalue weighted by atomic mass is 10.0. The van der Waals surface area contributed by atoms with Crippen molar-refractivity contribution in [1.29, 1.82) is 0 Å². The first-order valence-corrected chi connectivity index (χ1v) is 9.92. The van der Waals surface area contributed by atoms with E-state index in [9.17, 15) is 13.2 Å². The molecule has 0 fully saturated rings. The predicted molar refractivity (Wildman–Crippen MR) is 102 cm³/mol. The zero-order valence-electron chi connectivity index (χ0n) is 15.1. The van der Waals surface area contributed by atoms with Crippen molar-refractivity contribution >= 4 is 21.8 Å². The van der Waals surface area contributed by atoms with E-state index in [0.717, 1.165) is 11.1 Å². The van der Waals surface area contributed by atoms with Crippen LogP contribution in [0.3, 0.4) is 0 Å². The molecule has 0 radical (unpaired) electrons. The zero-order valence-corrected chi connectivity index (χ0v) is 15.9. The summed E-state index contributed by atoms with van der Waals surface area (Å²) in [7, 11) is -2.31. The number of carbonyl (C=O) groups is 1. The number of sulfonamides is 1. The first-order chi connectivity index (χ1) is 12.9. The number of benzene rings is 2. The van der Waals surface area contributed by atoms with Crippen LogP contribution in [0.1, 0.15) is 27.5 Å². The highest BCUT2D eigenvalue weighted by molar-refractivity contribution is 7.90. The zero-order chi connectivity index (χ0) is 19.4. The van der Waals surface area contributed by atoms with Gasteiger partial charge >= 0.3 is 5.97 Å². The number of nitrogens with zero attached hydrogens (tertiary/aromatic N) is 1. The Balaban J connectivity index is 1.66. The third kappa shape index (κ3) is 4.53. The Morgan fingerprint density at radius 3 is 2.37 bits per heavy atom. The molecule has 0 amide bonds. The smallest absolute Gasteiger partial charge is 0.337 e. The number of amidine groups is 1. The van der Waals surface area contributed by atoms with Crippen molar-refractivity contribution in [2.75, 3.05) is 20.2 Å². The molecule has 1 aliphatic rings. The van der Waals surface area contributed by atoms with Crippen molar-refractivity contribution in [3.05, 3.63) is 65.2 Å². The molecule has 27 heavy (non-hydrogen) atoms. The molecule has 1 heterocycles. The predicted octanol–water partition coefficient (Wildman–Crippen LogP) is 1.80. The van der Waals surface area contributed by atoms with Gasteiger partial charge in [-0.2, -0.15) is 0 Å². The SMILES string of the molecule is COC(=O)c1ccc([C@@H]2CN=C(NS(=O)(=O)c3ccc(C)cc3)CN2)cc1. The van der Waals surface area contributed by atoms with Crippen LogP contribution in [0.5, 0.6) is 0 Å². The molecular weight excluding hydrogens is 366 g/mol. The number of nitrogens with one attached hydrogen (secondary N) is 2. The highest BCUT2D eigenvalue weighted by Gasteiger charge is 2.21. The Hall–Kier alpha value is -2.71. The Morgan fingerprint density at radius 2 is 1.81 bits per heavy atom. The first kappa shape index (κ1) is 19.1. The normalized spacial score (nSPS) is 17.1. The minimum absolute atomic E-state index is 0.0516. The third-order valence-electron chi connectivity index (χ3n) is 4.30. The van der Waals surface area contributed by atoms with E-state index in [1.165, 1.54) is 7.11 Å². The molecule has 0 spiro atoms. The van der Waals surface area contributed by atoms with Gasteiger partial charge in [-0.15, -0.1) is 0 Å². The number of esters is 1. The van der Waals surface area contributed by atoms with Crippen molar-refractivity contribution in [3.8, 4) is 0 Å². The molecule has 1 atom stereocenters. The van der Waals surface area contributed by atoms with Crippen molar-refractivity contribution in [2.45, 2.75) is 17.9 Å². The van der Waals surface area contributed by atoms with Crippen LogP contribution >= 0.6 is 0 Å². The summed E-state index contributed by atoms with van der Waals surface area (Å²) in [6, 6.07) is 13.7. The Labute approximate surface area is 158 Å². The van der Waals surface area contributed by atoms with Crippen molar-refractivity contribution in [2.24, 2.45) is 4.99 Å². The van der Waals surface area contributed by atoms with Crippen LogP contribution in [0.25, 0.3) is 0 Å². The molecule has 0 bridgehead atoms. The summed E-state index contributed by atoms with van der Waals surface area (Å²) < 4.78 is 32.1. The molecule has 2 aromatic rings. The van der Waals surface area contributed by atoms with Crippen LogP contribution in [0.4, 0.5) is 0 Å². The third-order valence-corrected chi connectivity index (χ3v) is 5.70. The van der Waals surface area contributed by atoms with Gasteiger partial charge in [-0.05, 0) is 36.8 Å². The highest BCUT2D eigenvalue weighted by Crippen LogP contribution is 2.17. The number of ether oxygens (including phenoxy) is 1. The van der Waals surface area contributed by atoms with Gasteiger partial charge < -0.3 is 10.1 Å². The summed E-state index contributed by atoms with van der Waals surface area (Å²) in [6.45, 7) is 2.59. The van der Waals surface area contributed by atoms with Crippen LogP contribution in [0.2, 0.25) is 0 Å². The Kier molecular flexibility index (Phi) is 5.57. The quantitative estimate of drug-likeness (QED) is 0.780. The summed E-state index contributed by atoms with van der Waals surface area (Å²) in [5.74, 6) is -0.0121. The van der Waals surface area contributed by atoms with Gasteiger partial charge in [0.2, 0.25) is 0 Å². The fraction of sp³-hybridized carbons (Fsp3) is 0.263. The van der Waals surface area contributed by atoms with Crippen molar-refractivity contribution in [3.63, 3.8) is 0 Å².